The van der Waals surface area contributed by atoms with Crippen LogP contribution in [0.3, 0.4) is 0 Å². The fourth-order valence-corrected chi connectivity index (χ4v) is 2.63. The number of oxime groups is 1. The van der Waals surface area contributed by atoms with E-state index in [1.54, 1.807) is 11.3 Å². The highest BCUT2D eigenvalue weighted by Crippen LogP contribution is 2.17. The predicted molar refractivity (Wildman–Crippen MR) is 78.5 cm³/mol. The highest BCUT2D eigenvalue weighted by Gasteiger charge is 2.09. The average molecular weight is 275 g/mol. The van der Waals surface area contributed by atoms with E-state index >= 15 is 0 Å². The van der Waals surface area contributed by atoms with Gasteiger partial charge in [-0.3, -0.25) is 0 Å². The largest absolute Gasteiger partial charge is 0.409 e. The fraction of sp³-hybridized carbons (Fsp3) is 0.214. The van der Waals surface area contributed by atoms with Gasteiger partial charge in [0.1, 0.15) is 0 Å². The van der Waals surface area contributed by atoms with E-state index in [1.165, 1.54) is 5.56 Å². The van der Waals surface area contributed by atoms with E-state index in [4.69, 9.17) is 10.9 Å². The zero-order valence-electron chi connectivity index (χ0n) is 10.7. The molecule has 1 aromatic heterocycles. The lowest BCUT2D eigenvalue weighted by atomic mass is 10.1. The number of nitrogens with zero attached hydrogens (tertiary/aromatic N) is 1. The van der Waals surface area contributed by atoms with Crippen LogP contribution in [0.1, 0.15) is 29.7 Å². The van der Waals surface area contributed by atoms with E-state index in [0.29, 0.717) is 6.54 Å². The first kappa shape index (κ1) is 13.6. The Kier molecular flexibility index (Phi) is 4.54. The van der Waals surface area contributed by atoms with Crippen molar-refractivity contribution in [1.29, 1.82) is 0 Å². The van der Waals surface area contributed by atoms with E-state index in [1.807, 2.05) is 24.3 Å². The Labute approximate surface area is 116 Å². The minimum Gasteiger partial charge on any atom is -0.409 e. The Balaban J connectivity index is 2.08. The molecule has 0 aliphatic carbocycles. The van der Waals surface area contributed by atoms with Crippen LogP contribution >= 0.6 is 11.3 Å². The molecule has 2 aromatic rings. The third-order valence-corrected chi connectivity index (χ3v) is 3.74. The van der Waals surface area contributed by atoms with Crippen molar-refractivity contribution in [1.82, 2.24) is 5.32 Å². The van der Waals surface area contributed by atoms with Gasteiger partial charge in [-0.05, 0) is 34.9 Å². The maximum Gasteiger partial charge on any atom is 0.170 e. The zero-order chi connectivity index (χ0) is 13.7. The molecular formula is C14H17N3OS. The van der Waals surface area contributed by atoms with Gasteiger partial charge in [0.2, 0.25) is 0 Å². The monoisotopic (exact) mass is 275 g/mol. The van der Waals surface area contributed by atoms with Gasteiger partial charge in [-0.25, -0.2) is 0 Å². The summed E-state index contributed by atoms with van der Waals surface area (Å²) in [6.07, 6.45) is 0. The van der Waals surface area contributed by atoms with Crippen LogP contribution in [0.2, 0.25) is 0 Å². The summed E-state index contributed by atoms with van der Waals surface area (Å²) >= 11 is 1.69. The van der Waals surface area contributed by atoms with Crippen molar-refractivity contribution in [3.05, 3.63) is 57.8 Å². The summed E-state index contributed by atoms with van der Waals surface area (Å²) in [6, 6.07) is 10.0. The van der Waals surface area contributed by atoms with E-state index in [2.05, 4.69) is 34.2 Å². The highest BCUT2D eigenvalue weighted by atomic mass is 32.1. The van der Waals surface area contributed by atoms with Crippen LogP contribution in [0, 0.1) is 0 Å². The van der Waals surface area contributed by atoms with Crippen molar-refractivity contribution in [2.24, 2.45) is 10.9 Å². The summed E-state index contributed by atoms with van der Waals surface area (Å²) in [7, 11) is 0. The standard InChI is InChI=1S/C14H17N3OS/c1-10(12-6-7-19-9-12)16-8-11-4-2-3-5-13(11)14(15)17-18/h2-7,9-10,16,18H,8H2,1H3,(H2,15,17). The zero-order valence-corrected chi connectivity index (χ0v) is 11.5. The lowest BCUT2D eigenvalue weighted by Gasteiger charge is -2.14. The van der Waals surface area contributed by atoms with Crippen molar-refractivity contribution >= 4 is 17.2 Å². The minimum atomic E-state index is 0.139. The Hall–Kier alpha value is -1.85. The Morgan fingerprint density at radius 2 is 2.21 bits per heavy atom. The van der Waals surface area contributed by atoms with Crippen LogP contribution in [0.4, 0.5) is 0 Å². The molecule has 0 saturated heterocycles. The summed E-state index contributed by atoms with van der Waals surface area (Å²) in [5.74, 6) is 0.139. The number of nitrogens with one attached hydrogen (secondary N) is 1. The van der Waals surface area contributed by atoms with E-state index in [0.717, 1.165) is 11.1 Å². The molecule has 0 saturated carbocycles. The molecule has 0 aliphatic rings. The van der Waals surface area contributed by atoms with Gasteiger partial charge in [0.05, 0.1) is 0 Å². The molecule has 0 fully saturated rings. The molecule has 0 radical (unpaired) electrons. The van der Waals surface area contributed by atoms with Gasteiger partial charge in [0.15, 0.2) is 5.84 Å². The maximum atomic E-state index is 8.78. The Morgan fingerprint density at radius 3 is 2.89 bits per heavy atom. The Bertz CT molecular complexity index is 552. The number of benzene rings is 1. The molecular weight excluding hydrogens is 258 g/mol. The molecule has 19 heavy (non-hydrogen) atoms. The molecule has 4 N–H and O–H groups in total. The van der Waals surface area contributed by atoms with Crippen molar-refractivity contribution in [3.8, 4) is 0 Å². The molecule has 0 aliphatic heterocycles. The quantitative estimate of drug-likeness (QED) is 0.340. The van der Waals surface area contributed by atoms with Gasteiger partial charge in [0, 0.05) is 18.2 Å². The van der Waals surface area contributed by atoms with Crippen molar-refractivity contribution < 1.29 is 5.21 Å². The molecule has 0 spiro atoms. The second-order valence-electron chi connectivity index (χ2n) is 4.30. The van der Waals surface area contributed by atoms with Crippen LogP contribution in [-0.2, 0) is 6.54 Å². The first-order valence-electron chi connectivity index (χ1n) is 6.03. The molecule has 5 heteroatoms. The van der Waals surface area contributed by atoms with Crippen LogP contribution < -0.4 is 11.1 Å². The second-order valence-corrected chi connectivity index (χ2v) is 5.08. The number of rotatable bonds is 5. The first-order chi connectivity index (χ1) is 9.22. The van der Waals surface area contributed by atoms with Crippen molar-refractivity contribution in [2.45, 2.75) is 19.5 Å². The van der Waals surface area contributed by atoms with Gasteiger partial charge < -0.3 is 16.3 Å². The summed E-state index contributed by atoms with van der Waals surface area (Å²) in [5, 5.41) is 19.5. The minimum absolute atomic E-state index is 0.139. The number of amidine groups is 1. The molecule has 1 unspecified atom stereocenters. The molecule has 0 amide bonds. The summed E-state index contributed by atoms with van der Waals surface area (Å²) < 4.78 is 0. The fourth-order valence-electron chi connectivity index (χ4n) is 1.88. The average Bonchev–Trinajstić information content (AvgIpc) is 2.98. The van der Waals surface area contributed by atoms with Crippen molar-refractivity contribution in [3.63, 3.8) is 0 Å². The van der Waals surface area contributed by atoms with Gasteiger partial charge in [-0.1, -0.05) is 29.4 Å². The van der Waals surface area contributed by atoms with E-state index < -0.39 is 0 Å². The normalized spacial score (nSPS) is 13.4. The van der Waals surface area contributed by atoms with Crippen molar-refractivity contribution in [2.75, 3.05) is 0 Å². The number of hydrogen-bond acceptors (Lipinski definition) is 4. The van der Waals surface area contributed by atoms with Crippen LogP contribution in [0.15, 0.2) is 46.2 Å². The molecule has 1 heterocycles. The third kappa shape index (κ3) is 3.33. The van der Waals surface area contributed by atoms with Crippen LogP contribution in [0.5, 0.6) is 0 Å². The lowest BCUT2D eigenvalue weighted by molar-refractivity contribution is 0.318. The molecule has 1 aromatic carbocycles. The second kappa shape index (κ2) is 6.36. The SMILES string of the molecule is CC(NCc1ccccc1C(N)=NO)c1ccsc1. The van der Waals surface area contributed by atoms with Gasteiger partial charge in [-0.15, -0.1) is 0 Å². The predicted octanol–water partition coefficient (Wildman–Crippen LogP) is 2.69. The van der Waals surface area contributed by atoms with Gasteiger partial charge in [0.25, 0.3) is 0 Å². The molecule has 0 bridgehead atoms. The molecule has 4 nitrogen and oxygen atoms in total. The van der Waals surface area contributed by atoms with Gasteiger partial charge in [-0.2, -0.15) is 11.3 Å². The van der Waals surface area contributed by atoms with Crippen LogP contribution in [-0.4, -0.2) is 11.0 Å². The summed E-state index contributed by atoms with van der Waals surface area (Å²) in [6.45, 7) is 2.79. The summed E-state index contributed by atoms with van der Waals surface area (Å²) in [5.41, 5.74) is 8.71. The third-order valence-electron chi connectivity index (χ3n) is 3.04. The van der Waals surface area contributed by atoms with Crippen LogP contribution in [0.25, 0.3) is 0 Å². The number of thiophene rings is 1. The maximum absolute atomic E-state index is 8.78. The highest BCUT2D eigenvalue weighted by molar-refractivity contribution is 7.07. The smallest absolute Gasteiger partial charge is 0.170 e. The molecule has 2 rings (SSSR count). The molecule has 100 valence electrons. The topological polar surface area (TPSA) is 70.6 Å². The lowest BCUT2D eigenvalue weighted by Crippen LogP contribution is -2.21. The molecule has 1 atom stereocenters. The Morgan fingerprint density at radius 1 is 1.42 bits per heavy atom. The van der Waals surface area contributed by atoms with E-state index in [9.17, 15) is 0 Å². The summed E-state index contributed by atoms with van der Waals surface area (Å²) in [4.78, 5) is 0. The number of nitrogens with two attached hydrogens (primary N) is 1. The van der Waals surface area contributed by atoms with Gasteiger partial charge >= 0.3 is 0 Å². The van der Waals surface area contributed by atoms with E-state index in [-0.39, 0.29) is 11.9 Å². The number of hydrogen-bond donors (Lipinski definition) is 3. The first-order valence-corrected chi connectivity index (χ1v) is 6.98.